The molecule has 9 heteroatoms. The first kappa shape index (κ1) is 19.5. The van der Waals surface area contributed by atoms with E-state index in [1.807, 2.05) is 0 Å². The van der Waals surface area contributed by atoms with Gasteiger partial charge in [0.1, 0.15) is 29.1 Å². The summed E-state index contributed by atoms with van der Waals surface area (Å²) in [6.07, 6.45) is -0.240. The average molecular weight is 346 g/mol. The smallest absolute Gasteiger partial charge is 0.306 e. The van der Waals surface area contributed by atoms with Gasteiger partial charge in [-0.3, -0.25) is 14.4 Å². The number of carbonyl (C=O) groups excluding carboxylic acids is 3. The molecule has 0 fully saturated rings. The van der Waals surface area contributed by atoms with Crippen molar-refractivity contribution < 1.29 is 32.3 Å². The van der Waals surface area contributed by atoms with Gasteiger partial charge in [0.2, 0.25) is 5.91 Å². The third-order valence-corrected chi connectivity index (χ3v) is 3.19. The lowest BCUT2D eigenvalue weighted by atomic mass is 9.97. The predicted octanol–water partition coefficient (Wildman–Crippen LogP) is 1.28. The van der Waals surface area contributed by atoms with Crippen molar-refractivity contribution in [2.75, 3.05) is 6.61 Å². The van der Waals surface area contributed by atoms with E-state index in [2.05, 4.69) is 5.32 Å². The van der Waals surface area contributed by atoms with E-state index in [0.29, 0.717) is 12.1 Å². The molecule has 0 aliphatic carbocycles. The van der Waals surface area contributed by atoms with E-state index in [1.165, 1.54) is 6.92 Å². The van der Waals surface area contributed by atoms with Crippen molar-refractivity contribution in [1.82, 2.24) is 5.32 Å². The first-order valence-electron chi connectivity index (χ1n) is 7.07. The summed E-state index contributed by atoms with van der Waals surface area (Å²) in [5, 5.41) is 2.06. The van der Waals surface area contributed by atoms with Crippen molar-refractivity contribution in [3.05, 3.63) is 35.1 Å². The van der Waals surface area contributed by atoms with Gasteiger partial charge in [0.05, 0.1) is 13.0 Å². The average Bonchev–Trinajstić information content (AvgIpc) is 2.43. The second-order valence-electron chi connectivity index (χ2n) is 5.08. The monoisotopic (exact) mass is 346 g/mol. The molecule has 6 nitrogen and oxygen atoms in total. The number of ether oxygens (including phenoxy) is 1. The summed E-state index contributed by atoms with van der Waals surface area (Å²) in [7, 11) is 0. The number of esters is 1. The molecule has 0 radical (unpaired) electrons. The van der Waals surface area contributed by atoms with E-state index in [-0.39, 0.29) is 13.0 Å². The van der Waals surface area contributed by atoms with E-state index >= 15 is 0 Å². The Hall–Kier alpha value is -2.58. The van der Waals surface area contributed by atoms with E-state index in [4.69, 9.17) is 10.5 Å². The first-order valence-corrected chi connectivity index (χ1v) is 7.07. The number of hydrogen-bond donors (Lipinski definition) is 2. The number of primary amides is 1. The molecule has 0 heterocycles. The van der Waals surface area contributed by atoms with Crippen LogP contribution < -0.4 is 11.1 Å². The Bertz CT molecular complexity index is 629. The molecule has 0 aliphatic rings. The van der Waals surface area contributed by atoms with Crippen LogP contribution in [0.3, 0.4) is 0 Å². The number of nitrogens with one attached hydrogen (secondary N) is 1. The lowest BCUT2D eigenvalue weighted by molar-refractivity contribution is -0.144. The van der Waals surface area contributed by atoms with Crippen LogP contribution in [0.5, 0.6) is 0 Å². The van der Waals surface area contributed by atoms with Crippen molar-refractivity contribution >= 4 is 17.8 Å². The van der Waals surface area contributed by atoms with Crippen LogP contribution in [0, 0.1) is 23.4 Å². The zero-order valence-electron chi connectivity index (χ0n) is 13.1. The second-order valence-corrected chi connectivity index (χ2v) is 5.08. The molecule has 1 aromatic carbocycles. The lowest BCUT2D eigenvalue weighted by Crippen LogP contribution is -2.49. The molecule has 0 aromatic heterocycles. The Morgan fingerprint density at radius 3 is 2.21 bits per heavy atom. The Morgan fingerprint density at radius 2 is 1.75 bits per heavy atom. The summed E-state index contributed by atoms with van der Waals surface area (Å²) < 4.78 is 44.8. The molecule has 0 aliphatic heterocycles. The van der Waals surface area contributed by atoms with Crippen LogP contribution in [0.2, 0.25) is 0 Å². The van der Waals surface area contributed by atoms with E-state index in [9.17, 15) is 27.6 Å². The van der Waals surface area contributed by atoms with Crippen molar-refractivity contribution in [1.29, 1.82) is 0 Å². The molecule has 2 amide bonds. The Balaban J connectivity index is 2.95. The topological polar surface area (TPSA) is 98.5 Å². The molecule has 0 unspecified atom stereocenters. The minimum Gasteiger partial charge on any atom is -0.466 e. The van der Waals surface area contributed by atoms with Crippen LogP contribution in [0.1, 0.15) is 30.6 Å². The fraction of sp³-hybridized carbons (Fsp3) is 0.400. The summed E-state index contributed by atoms with van der Waals surface area (Å²) >= 11 is 0. The number of rotatable bonds is 7. The number of carbonyl (C=O) groups is 3. The summed E-state index contributed by atoms with van der Waals surface area (Å²) in [6.45, 7) is 3.16. The largest absolute Gasteiger partial charge is 0.466 e. The van der Waals surface area contributed by atoms with Gasteiger partial charge in [0, 0.05) is 12.1 Å². The highest BCUT2D eigenvalue weighted by Gasteiger charge is 2.29. The van der Waals surface area contributed by atoms with Crippen LogP contribution >= 0.6 is 0 Å². The van der Waals surface area contributed by atoms with E-state index < -0.39 is 52.8 Å². The quantitative estimate of drug-likeness (QED) is 0.727. The minimum atomic E-state index is -1.42. The highest BCUT2D eigenvalue weighted by Crippen LogP contribution is 2.16. The maximum atomic E-state index is 13.6. The molecular weight excluding hydrogens is 329 g/mol. The summed E-state index contributed by atoms with van der Waals surface area (Å²) in [4.78, 5) is 34.9. The van der Waals surface area contributed by atoms with Crippen LogP contribution in [-0.4, -0.2) is 30.4 Å². The summed E-state index contributed by atoms with van der Waals surface area (Å²) in [5.41, 5.74) is 4.11. The van der Waals surface area contributed by atoms with Crippen LogP contribution in [-0.2, 0) is 14.3 Å². The zero-order valence-corrected chi connectivity index (χ0v) is 13.1. The predicted molar refractivity (Wildman–Crippen MR) is 77.2 cm³/mol. The van der Waals surface area contributed by atoms with Gasteiger partial charge in [-0.25, -0.2) is 13.2 Å². The van der Waals surface area contributed by atoms with Gasteiger partial charge in [-0.05, 0) is 12.8 Å². The van der Waals surface area contributed by atoms with Crippen molar-refractivity contribution in [2.45, 2.75) is 26.3 Å². The van der Waals surface area contributed by atoms with Crippen molar-refractivity contribution in [3.8, 4) is 0 Å². The van der Waals surface area contributed by atoms with Gasteiger partial charge in [-0.15, -0.1) is 0 Å². The van der Waals surface area contributed by atoms with Gasteiger partial charge >= 0.3 is 5.97 Å². The summed E-state index contributed by atoms with van der Waals surface area (Å²) in [6, 6.07) is -0.704. The van der Waals surface area contributed by atoms with Gasteiger partial charge in [0.25, 0.3) is 5.91 Å². The minimum absolute atomic E-state index is 0.130. The van der Waals surface area contributed by atoms with Crippen LogP contribution in [0.15, 0.2) is 12.1 Å². The normalized spacial score (nSPS) is 13.0. The maximum absolute atomic E-state index is 13.6. The number of halogens is 3. The second kappa shape index (κ2) is 8.32. The van der Waals surface area contributed by atoms with Crippen LogP contribution in [0.25, 0.3) is 0 Å². The fourth-order valence-corrected chi connectivity index (χ4v) is 2.07. The van der Waals surface area contributed by atoms with Gasteiger partial charge in [-0.1, -0.05) is 6.92 Å². The van der Waals surface area contributed by atoms with Crippen LogP contribution in [0.4, 0.5) is 13.2 Å². The standard InChI is InChI=1S/C15H17F3N2O4/c1-3-24-11(21)4-7(2)13(14(19)22)20-15(23)12-9(17)5-8(16)6-10(12)18/h5-7,13H,3-4H2,1-2H3,(H2,19,22)(H,20,23)/t7-,13-/m0/s1. The fourth-order valence-electron chi connectivity index (χ4n) is 2.07. The SMILES string of the molecule is CCOC(=O)C[C@H](C)[C@H](NC(=O)c1c(F)cc(F)cc1F)C(N)=O. The third-order valence-electron chi connectivity index (χ3n) is 3.19. The zero-order chi connectivity index (χ0) is 18.4. The summed E-state index contributed by atoms with van der Waals surface area (Å²) in [5.74, 6) is -7.73. The van der Waals surface area contributed by atoms with E-state index in [0.717, 1.165) is 0 Å². The van der Waals surface area contributed by atoms with Gasteiger partial charge in [-0.2, -0.15) is 0 Å². The maximum Gasteiger partial charge on any atom is 0.306 e. The molecule has 2 atom stereocenters. The first-order chi connectivity index (χ1) is 11.2. The number of hydrogen-bond acceptors (Lipinski definition) is 4. The van der Waals surface area contributed by atoms with Crippen molar-refractivity contribution in [3.63, 3.8) is 0 Å². The molecule has 0 saturated heterocycles. The molecule has 3 N–H and O–H groups in total. The molecule has 24 heavy (non-hydrogen) atoms. The number of nitrogens with two attached hydrogens (primary N) is 1. The Morgan fingerprint density at radius 1 is 1.21 bits per heavy atom. The van der Waals surface area contributed by atoms with Gasteiger partial charge < -0.3 is 15.8 Å². The third kappa shape index (κ3) is 4.97. The lowest BCUT2D eigenvalue weighted by Gasteiger charge is -2.22. The highest BCUT2D eigenvalue weighted by atomic mass is 19.1. The Labute approximate surface area is 136 Å². The molecule has 0 bridgehead atoms. The van der Waals surface area contributed by atoms with E-state index in [1.54, 1.807) is 6.92 Å². The molecule has 0 saturated carbocycles. The molecule has 0 spiro atoms. The molecule has 1 aromatic rings. The highest BCUT2D eigenvalue weighted by molar-refractivity contribution is 5.98. The molecule has 132 valence electrons. The molecular formula is C15H17F3N2O4. The Kier molecular flexibility index (Phi) is 6.75. The van der Waals surface area contributed by atoms with Crippen molar-refractivity contribution in [2.24, 2.45) is 11.7 Å². The number of benzene rings is 1. The number of amides is 2. The molecule has 1 rings (SSSR count). The van der Waals surface area contributed by atoms with Gasteiger partial charge in [0.15, 0.2) is 0 Å².